The Morgan fingerprint density at radius 3 is 3.12 bits per heavy atom. The maximum absolute atomic E-state index is 12.6. The van der Waals surface area contributed by atoms with Crippen LogP contribution in [0.1, 0.15) is 44.9 Å². The molecule has 134 valence electrons. The van der Waals surface area contributed by atoms with Crippen molar-refractivity contribution in [2.75, 3.05) is 25.0 Å². The molecule has 1 aromatic heterocycles. The Kier molecular flexibility index (Phi) is 4.75. The van der Waals surface area contributed by atoms with Crippen LogP contribution in [0, 0.1) is 0 Å². The number of allylic oxidation sites excluding steroid dienone is 1. The Balaban J connectivity index is 1.33. The zero-order valence-electron chi connectivity index (χ0n) is 14.7. The molecule has 1 aromatic rings. The molecule has 2 saturated heterocycles. The number of aromatic nitrogens is 1. The number of carbonyl (C=O) groups is 1. The van der Waals surface area contributed by atoms with Crippen molar-refractivity contribution < 1.29 is 9.53 Å². The highest BCUT2D eigenvalue weighted by molar-refractivity contribution is 5.94. The van der Waals surface area contributed by atoms with Crippen molar-refractivity contribution in [1.29, 1.82) is 0 Å². The van der Waals surface area contributed by atoms with Gasteiger partial charge in [0.1, 0.15) is 5.82 Å². The lowest BCUT2D eigenvalue weighted by Gasteiger charge is -2.38. The Hall–Kier alpha value is -1.88. The summed E-state index contributed by atoms with van der Waals surface area (Å²) in [6, 6.07) is 5.88. The predicted octanol–water partition coefficient (Wildman–Crippen LogP) is 3.14. The van der Waals surface area contributed by atoms with Gasteiger partial charge in [0.25, 0.3) is 0 Å². The van der Waals surface area contributed by atoms with Crippen molar-refractivity contribution in [2.24, 2.45) is 0 Å². The van der Waals surface area contributed by atoms with Crippen LogP contribution >= 0.6 is 0 Å². The summed E-state index contributed by atoms with van der Waals surface area (Å²) in [5, 5.41) is 3.37. The highest BCUT2D eigenvalue weighted by Gasteiger charge is 2.44. The first kappa shape index (κ1) is 16.6. The van der Waals surface area contributed by atoms with Gasteiger partial charge in [-0.2, -0.15) is 0 Å². The summed E-state index contributed by atoms with van der Waals surface area (Å²) >= 11 is 0. The van der Waals surface area contributed by atoms with Gasteiger partial charge >= 0.3 is 0 Å². The molecule has 5 heteroatoms. The third kappa shape index (κ3) is 3.71. The molecule has 4 rings (SSSR count). The molecular formula is C20H27N3O2. The number of likely N-dealkylation sites (tertiary alicyclic amines) is 1. The first-order valence-corrected chi connectivity index (χ1v) is 9.55. The highest BCUT2D eigenvalue weighted by Crippen LogP contribution is 2.37. The van der Waals surface area contributed by atoms with Gasteiger partial charge in [-0.15, -0.1) is 0 Å². The van der Waals surface area contributed by atoms with Crippen LogP contribution in [0.15, 0.2) is 36.0 Å². The molecule has 5 nitrogen and oxygen atoms in total. The number of hydrogen-bond donors (Lipinski definition) is 1. The van der Waals surface area contributed by atoms with Gasteiger partial charge in [-0.25, -0.2) is 4.98 Å². The number of nitrogens with one attached hydrogen (secondary N) is 1. The second-order valence-electron chi connectivity index (χ2n) is 7.51. The lowest BCUT2D eigenvalue weighted by Crippen LogP contribution is -2.45. The first-order chi connectivity index (χ1) is 12.2. The van der Waals surface area contributed by atoms with Crippen molar-refractivity contribution in [3.05, 3.63) is 36.0 Å². The number of amides is 1. The third-order valence-corrected chi connectivity index (χ3v) is 5.67. The quantitative estimate of drug-likeness (QED) is 0.914. The second kappa shape index (κ2) is 7.16. The summed E-state index contributed by atoms with van der Waals surface area (Å²) in [5.74, 6) is 1.13. The summed E-state index contributed by atoms with van der Waals surface area (Å²) in [6.07, 6.45) is 11.5. The molecule has 3 heterocycles. The van der Waals surface area contributed by atoms with E-state index < -0.39 is 0 Å². The van der Waals surface area contributed by atoms with Gasteiger partial charge in [-0.1, -0.05) is 12.1 Å². The average molecular weight is 341 g/mol. The van der Waals surface area contributed by atoms with Crippen LogP contribution in [0.25, 0.3) is 0 Å². The first-order valence-electron chi connectivity index (χ1n) is 9.55. The van der Waals surface area contributed by atoms with Crippen LogP contribution in [-0.4, -0.2) is 47.1 Å². The van der Waals surface area contributed by atoms with E-state index >= 15 is 0 Å². The molecule has 0 unspecified atom stereocenters. The molecule has 1 spiro atoms. The molecule has 1 amide bonds. The fourth-order valence-corrected chi connectivity index (χ4v) is 4.34. The molecule has 1 N–H and O–H groups in total. The Bertz CT molecular complexity index is 646. The molecule has 0 aromatic carbocycles. The minimum Gasteiger partial charge on any atom is -0.368 e. The van der Waals surface area contributed by atoms with E-state index in [1.807, 2.05) is 23.1 Å². The second-order valence-corrected chi connectivity index (χ2v) is 7.51. The third-order valence-electron chi connectivity index (χ3n) is 5.67. The minimum atomic E-state index is -0.135. The Labute approximate surface area is 149 Å². The predicted molar refractivity (Wildman–Crippen MR) is 97.3 cm³/mol. The fourth-order valence-electron chi connectivity index (χ4n) is 4.34. The summed E-state index contributed by atoms with van der Waals surface area (Å²) in [4.78, 5) is 19.0. The van der Waals surface area contributed by atoms with Crippen molar-refractivity contribution in [2.45, 2.75) is 56.7 Å². The fraction of sp³-hybridized carbons (Fsp3) is 0.600. The van der Waals surface area contributed by atoms with Crippen LogP contribution in [0.3, 0.4) is 0 Å². The van der Waals surface area contributed by atoms with Crippen LogP contribution in [-0.2, 0) is 9.53 Å². The van der Waals surface area contributed by atoms with E-state index in [0.29, 0.717) is 0 Å². The van der Waals surface area contributed by atoms with E-state index in [1.165, 1.54) is 6.42 Å². The van der Waals surface area contributed by atoms with Crippen LogP contribution < -0.4 is 5.32 Å². The van der Waals surface area contributed by atoms with Gasteiger partial charge in [-0.05, 0) is 57.1 Å². The maximum Gasteiger partial charge on any atom is 0.249 e. The van der Waals surface area contributed by atoms with Crippen LogP contribution in [0.5, 0.6) is 0 Å². The van der Waals surface area contributed by atoms with Crippen molar-refractivity contribution >= 4 is 11.7 Å². The van der Waals surface area contributed by atoms with E-state index in [9.17, 15) is 4.79 Å². The molecule has 0 radical (unpaired) electrons. The summed E-state index contributed by atoms with van der Waals surface area (Å²) in [7, 11) is 0. The molecule has 2 aliphatic heterocycles. The number of rotatable bonds is 4. The van der Waals surface area contributed by atoms with E-state index in [0.717, 1.165) is 69.6 Å². The number of anilines is 1. The monoisotopic (exact) mass is 341 g/mol. The summed E-state index contributed by atoms with van der Waals surface area (Å²) in [5.41, 5.74) is 0.880. The largest absolute Gasteiger partial charge is 0.368 e. The number of carbonyl (C=O) groups excluding carboxylic acids is 1. The average Bonchev–Trinajstić information content (AvgIpc) is 3.31. The van der Waals surface area contributed by atoms with Crippen molar-refractivity contribution in [3.63, 3.8) is 0 Å². The van der Waals surface area contributed by atoms with E-state index in [4.69, 9.17) is 4.74 Å². The van der Waals surface area contributed by atoms with Gasteiger partial charge in [0.2, 0.25) is 5.91 Å². The highest BCUT2D eigenvalue weighted by atomic mass is 16.5. The molecule has 0 saturated carbocycles. The van der Waals surface area contributed by atoms with E-state index in [2.05, 4.69) is 16.4 Å². The van der Waals surface area contributed by atoms with Crippen LogP contribution in [0.4, 0.5) is 5.82 Å². The maximum atomic E-state index is 12.6. The summed E-state index contributed by atoms with van der Waals surface area (Å²) in [6.45, 7) is 2.36. The number of hydrogen-bond acceptors (Lipinski definition) is 4. The van der Waals surface area contributed by atoms with E-state index in [1.54, 1.807) is 6.20 Å². The SMILES string of the molecule is O=C(C1=CCCC1)N1CC[C@]2(CCC[C@@H](CNc3ccccn3)O2)C1. The van der Waals surface area contributed by atoms with Crippen LogP contribution in [0.2, 0.25) is 0 Å². The topological polar surface area (TPSA) is 54.5 Å². The molecule has 3 aliphatic rings. The normalized spacial score (nSPS) is 29.0. The minimum absolute atomic E-state index is 0.135. The molecule has 0 bridgehead atoms. The Morgan fingerprint density at radius 2 is 2.32 bits per heavy atom. The number of nitrogens with zero attached hydrogens (tertiary/aromatic N) is 2. The standard InChI is InChI=1S/C20H27N3O2/c24-19(16-6-1-2-7-16)23-13-11-20(15-23)10-5-8-17(25-20)14-22-18-9-3-4-12-21-18/h3-4,6,9,12,17H,1-2,5,7-8,10-11,13-15H2,(H,21,22)/t17-,20+/m0/s1. The van der Waals surface area contributed by atoms with Gasteiger partial charge < -0.3 is 15.0 Å². The molecule has 2 fully saturated rings. The number of pyridine rings is 1. The van der Waals surface area contributed by atoms with Gasteiger partial charge in [0, 0.05) is 24.9 Å². The lowest BCUT2D eigenvalue weighted by molar-refractivity contribution is -0.133. The van der Waals surface area contributed by atoms with Gasteiger partial charge in [0.05, 0.1) is 18.2 Å². The van der Waals surface area contributed by atoms with Gasteiger partial charge in [0.15, 0.2) is 0 Å². The molecular weight excluding hydrogens is 314 g/mol. The lowest BCUT2D eigenvalue weighted by atomic mass is 9.90. The summed E-state index contributed by atoms with van der Waals surface area (Å²) < 4.78 is 6.50. The zero-order valence-corrected chi connectivity index (χ0v) is 14.7. The molecule has 2 atom stereocenters. The Morgan fingerprint density at radius 1 is 1.36 bits per heavy atom. The van der Waals surface area contributed by atoms with E-state index in [-0.39, 0.29) is 17.6 Å². The molecule has 25 heavy (non-hydrogen) atoms. The van der Waals surface area contributed by atoms with Gasteiger partial charge in [-0.3, -0.25) is 4.79 Å². The molecule has 1 aliphatic carbocycles. The zero-order chi connectivity index (χ0) is 17.1. The smallest absolute Gasteiger partial charge is 0.249 e. The number of ether oxygens (including phenoxy) is 1. The van der Waals surface area contributed by atoms with Crippen molar-refractivity contribution in [3.8, 4) is 0 Å². The van der Waals surface area contributed by atoms with Crippen molar-refractivity contribution in [1.82, 2.24) is 9.88 Å².